The van der Waals surface area contributed by atoms with Crippen LogP contribution in [0.25, 0.3) is 0 Å². The minimum absolute atomic E-state index is 0.0843. The lowest BCUT2D eigenvalue weighted by atomic mass is 10.2. The average Bonchev–Trinajstić information content (AvgIpc) is 2.78. The first-order valence-electron chi connectivity index (χ1n) is 9.46. The molecule has 0 aromatic heterocycles. The number of rotatable bonds is 8. The van der Waals surface area contributed by atoms with Gasteiger partial charge < -0.3 is 26.3 Å². The Bertz CT molecular complexity index is 1030. The van der Waals surface area contributed by atoms with Crippen molar-refractivity contribution in [2.24, 2.45) is 16.5 Å². The van der Waals surface area contributed by atoms with Gasteiger partial charge in [0.05, 0.1) is 5.69 Å². The van der Waals surface area contributed by atoms with Crippen LogP contribution in [0.15, 0.2) is 89.9 Å². The standard InChI is InChI=1S/C23H22N4O4/c24-23(25)26-17-13-11-16(12-14-17)21(28)27-20(15-30-18-7-3-1-4-8-18)22(29)31-19-9-5-2-6-10-19/h1-14,20H,15H2,(H,27,28)(H4,24,25,26)/t20-/m0/s1. The molecular weight excluding hydrogens is 396 g/mol. The number of nitrogens with one attached hydrogen (secondary N) is 1. The molecule has 0 unspecified atom stereocenters. The van der Waals surface area contributed by atoms with E-state index in [0.29, 0.717) is 22.7 Å². The highest BCUT2D eigenvalue weighted by Gasteiger charge is 2.24. The maximum absolute atomic E-state index is 12.7. The molecule has 3 aromatic carbocycles. The van der Waals surface area contributed by atoms with Crippen LogP contribution in [-0.4, -0.2) is 30.5 Å². The van der Waals surface area contributed by atoms with Crippen molar-refractivity contribution in [3.05, 3.63) is 90.5 Å². The molecule has 1 amide bonds. The number of carbonyl (C=O) groups excluding carboxylic acids is 2. The Labute approximate surface area is 179 Å². The molecule has 0 aliphatic heterocycles. The SMILES string of the molecule is NC(N)=Nc1ccc(C(=O)N[C@@H](COc2ccccc2)C(=O)Oc2ccccc2)cc1. The number of esters is 1. The summed E-state index contributed by atoms with van der Waals surface area (Å²) in [6, 6.07) is 22.8. The van der Waals surface area contributed by atoms with Crippen molar-refractivity contribution in [2.75, 3.05) is 6.61 Å². The Balaban J connectivity index is 1.72. The van der Waals surface area contributed by atoms with E-state index in [1.807, 2.05) is 18.2 Å². The lowest BCUT2D eigenvalue weighted by Gasteiger charge is -2.18. The smallest absolute Gasteiger partial charge is 0.337 e. The number of ether oxygens (including phenoxy) is 2. The molecule has 3 aromatic rings. The second-order valence-corrected chi connectivity index (χ2v) is 6.47. The Kier molecular flexibility index (Phi) is 7.21. The zero-order chi connectivity index (χ0) is 22.1. The summed E-state index contributed by atoms with van der Waals surface area (Å²) in [6.07, 6.45) is 0. The Hall–Kier alpha value is -4.33. The number of para-hydroxylation sites is 2. The number of benzene rings is 3. The molecule has 31 heavy (non-hydrogen) atoms. The maximum Gasteiger partial charge on any atom is 0.337 e. The summed E-state index contributed by atoms with van der Waals surface area (Å²) >= 11 is 0. The van der Waals surface area contributed by atoms with Crippen LogP contribution < -0.4 is 26.3 Å². The molecule has 158 valence electrons. The molecule has 5 N–H and O–H groups in total. The van der Waals surface area contributed by atoms with Gasteiger partial charge in [0.15, 0.2) is 12.0 Å². The Morgan fingerprint density at radius 1 is 0.839 bits per heavy atom. The van der Waals surface area contributed by atoms with Crippen LogP contribution in [0.1, 0.15) is 10.4 Å². The van der Waals surface area contributed by atoms with Crippen molar-refractivity contribution in [1.29, 1.82) is 0 Å². The van der Waals surface area contributed by atoms with E-state index >= 15 is 0 Å². The van der Waals surface area contributed by atoms with Crippen molar-refractivity contribution in [3.63, 3.8) is 0 Å². The summed E-state index contributed by atoms with van der Waals surface area (Å²) in [6.45, 7) is -0.104. The molecule has 0 saturated carbocycles. The summed E-state index contributed by atoms with van der Waals surface area (Å²) in [4.78, 5) is 29.3. The second kappa shape index (κ2) is 10.4. The number of carbonyl (C=O) groups is 2. The van der Waals surface area contributed by atoms with Crippen LogP contribution in [0.4, 0.5) is 5.69 Å². The fourth-order valence-corrected chi connectivity index (χ4v) is 2.62. The Morgan fingerprint density at radius 2 is 1.42 bits per heavy atom. The largest absolute Gasteiger partial charge is 0.491 e. The molecule has 0 fully saturated rings. The van der Waals surface area contributed by atoms with Gasteiger partial charge in [0.2, 0.25) is 0 Å². The molecule has 3 rings (SSSR count). The van der Waals surface area contributed by atoms with E-state index in [1.165, 1.54) is 0 Å². The topological polar surface area (TPSA) is 129 Å². The third kappa shape index (κ3) is 6.60. The molecule has 0 heterocycles. The third-order valence-electron chi connectivity index (χ3n) is 4.10. The molecular formula is C23H22N4O4. The fraction of sp³-hybridized carbons (Fsp3) is 0.0870. The van der Waals surface area contributed by atoms with Gasteiger partial charge in [-0.05, 0) is 48.5 Å². The van der Waals surface area contributed by atoms with Crippen molar-refractivity contribution in [3.8, 4) is 11.5 Å². The predicted octanol–water partition coefficient (Wildman–Crippen LogP) is 2.37. The quantitative estimate of drug-likeness (QED) is 0.223. The highest BCUT2D eigenvalue weighted by Crippen LogP contribution is 2.14. The van der Waals surface area contributed by atoms with Gasteiger partial charge in [0.25, 0.3) is 5.91 Å². The van der Waals surface area contributed by atoms with Crippen LogP contribution in [-0.2, 0) is 4.79 Å². The number of nitrogens with two attached hydrogens (primary N) is 2. The highest BCUT2D eigenvalue weighted by atomic mass is 16.5. The maximum atomic E-state index is 12.7. The molecule has 0 saturated heterocycles. The normalized spacial score (nSPS) is 11.1. The summed E-state index contributed by atoms with van der Waals surface area (Å²) in [5.41, 5.74) is 11.5. The van der Waals surface area contributed by atoms with Gasteiger partial charge in [-0.15, -0.1) is 0 Å². The van der Waals surface area contributed by atoms with Gasteiger partial charge in [-0.3, -0.25) is 4.79 Å². The summed E-state index contributed by atoms with van der Waals surface area (Å²) in [5, 5.41) is 2.66. The zero-order valence-electron chi connectivity index (χ0n) is 16.6. The fourth-order valence-electron chi connectivity index (χ4n) is 2.62. The van der Waals surface area contributed by atoms with Crippen molar-refractivity contribution in [2.45, 2.75) is 6.04 Å². The first-order valence-corrected chi connectivity index (χ1v) is 9.46. The van der Waals surface area contributed by atoms with E-state index in [2.05, 4.69) is 10.3 Å². The van der Waals surface area contributed by atoms with Gasteiger partial charge in [0.1, 0.15) is 18.1 Å². The van der Waals surface area contributed by atoms with Crippen molar-refractivity contribution >= 4 is 23.5 Å². The summed E-state index contributed by atoms with van der Waals surface area (Å²) in [7, 11) is 0. The molecule has 8 heteroatoms. The number of hydrogen-bond acceptors (Lipinski definition) is 5. The molecule has 0 aliphatic carbocycles. The average molecular weight is 418 g/mol. The summed E-state index contributed by atoms with van der Waals surface area (Å²) in [5.74, 6) is -0.265. The van der Waals surface area contributed by atoms with Gasteiger partial charge in [-0.1, -0.05) is 36.4 Å². The van der Waals surface area contributed by atoms with Crippen molar-refractivity contribution < 1.29 is 19.1 Å². The van der Waals surface area contributed by atoms with Crippen LogP contribution in [0.3, 0.4) is 0 Å². The van der Waals surface area contributed by atoms with Crippen molar-refractivity contribution in [1.82, 2.24) is 5.32 Å². The first kappa shape index (κ1) is 21.4. The van der Waals surface area contributed by atoms with Gasteiger partial charge in [-0.25, -0.2) is 9.79 Å². The zero-order valence-corrected chi connectivity index (χ0v) is 16.6. The van der Waals surface area contributed by atoms with E-state index in [9.17, 15) is 9.59 Å². The number of nitrogens with zero attached hydrogens (tertiary/aromatic N) is 1. The molecule has 0 radical (unpaired) electrons. The van der Waals surface area contributed by atoms with E-state index < -0.39 is 17.9 Å². The highest BCUT2D eigenvalue weighted by molar-refractivity contribution is 5.97. The monoisotopic (exact) mass is 418 g/mol. The Morgan fingerprint density at radius 3 is 2.00 bits per heavy atom. The number of hydrogen-bond donors (Lipinski definition) is 3. The van der Waals surface area contributed by atoms with Crippen LogP contribution in [0.5, 0.6) is 11.5 Å². The molecule has 0 spiro atoms. The van der Waals surface area contributed by atoms with E-state index in [0.717, 1.165) is 0 Å². The second-order valence-electron chi connectivity index (χ2n) is 6.47. The van der Waals surface area contributed by atoms with E-state index in [-0.39, 0.29) is 12.6 Å². The van der Waals surface area contributed by atoms with Crippen LogP contribution >= 0.6 is 0 Å². The summed E-state index contributed by atoms with van der Waals surface area (Å²) < 4.78 is 11.1. The van der Waals surface area contributed by atoms with Gasteiger partial charge in [-0.2, -0.15) is 0 Å². The van der Waals surface area contributed by atoms with Crippen LogP contribution in [0.2, 0.25) is 0 Å². The molecule has 8 nitrogen and oxygen atoms in total. The lowest BCUT2D eigenvalue weighted by Crippen LogP contribution is -2.46. The molecule has 0 aliphatic rings. The van der Waals surface area contributed by atoms with E-state index in [4.69, 9.17) is 20.9 Å². The van der Waals surface area contributed by atoms with Gasteiger partial charge in [0, 0.05) is 5.56 Å². The number of guanidine groups is 1. The van der Waals surface area contributed by atoms with E-state index in [1.54, 1.807) is 66.7 Å². The molecule has 0 bridgehead atoms. The number of amides is 1. The minimum Gasteiger partial charge on any atom is -0.491 e. The third-order valence-corrected chi connectivity index (χ3v) is 4.10. The predicted molar refractivity (Wildman–Crippen MR) is 117 cm³/mol. The number of aliphatic imine (C=N–C) groups is 1. The first-order chi connectivity index (χ1) is 15.0. The molecule has 1 atom stereocenters. The minimum atomic E-state index is -1.04. The van der Waals surface area contributed by atoms with Crippen LogP contribution in [0, 0.1) is 0 Å². The lowest BCUT2D eigenvalue weighted by molar-refractivity contribution is -0.137. The van der Waals surface area contributed by atoms with Gasteiger partial charge >= 0.3 is 5.97 Å².